The van der Waals surface area contributed by atoms with Gasteiger partial charge in [0.15, 0.2) is 5.82 Å². The summed E-state index contributed by atoms with van der Waals surface area (Å²) in [4.78, 5) is 30.9. The third-order valence-corrected chi connectivity index (χ3v) is 6.07. The van der Waals surface area contributed by atoms with Crippen LogP contribution in [0, 0.1) is 0 Å². The van der Waals surface area contributed by atoms with E-state index in [1.165, 1.54) is 30.3 Å². The molecule has 7 nitrogen and oxygen atoms in total. The van der Waals surface area contributed by atoms with Crippen LogP contribution in [0.15, 0.2) is 30.2 Å². The first-order valence-corrected chi connectivity index (χ1v) is 10.4. The van der Waals surface area contributed by atoms with E-state index in [4.69, 9.17) is 0 Å². The molecule has 0 bridgehead atoms. The fraction of sp³-hybridized carbons (Fsp3) is 0.400. The van der Waals surface area contributed by atoms with E-state index < -0.39 is 0 Å². The molecule has 3 heterocycles. The zero-order chi connectivity index (χ0) is 19.7. The van der Waals surface area contributed by atoms with Crippen LogP contribution in [-0.4, -0.2) is 45.0 Å². The van der Waals surface area contributed by atoms with E-state index in [2.05, 4.69) is 33.2 Å². The molecule has 2 aliphatic rings. The molecule has 1 saturated carbocycles. The number of thiazole rings is 1. The topological polar surface area (TPSA) is 91.0 Å². The summed E-state index contributed by atoms with van der Waals surface area (Å²) >= 11 is 1.50. The van der Waals surface area contributed by atoms with E-state index >= 15 is 0 Å². The largest absolute Gasteiger partial charge is 0.334 e. The number of aromatic nitrogens is 3. The minimum absolute atomic E-state index is 0.0697. The summed E-state index contributed by atoms with van der Waals surface area (Å²) in [6.45, 7) is 6.61. The first-order valence-electron chi connectivity index (χ1n) is 9.47. The zero-order valence-corrected chi connectivity index (χ0v) is 16.6. The van der Waals surface area contributed by atoms with E-state index in [1.807, 2.05) is 18.4 Å². The number of H-pyrrole nitrogens is 1. The fourth-order valence-electron chi connectivity index (χ4n) is 3.22. The van der Waals surface area contributed by atoms with E-state index in [-0.39, 0.29) is 17.7 Å². The highest BCUT2D eigenvalue weighted by Gasteiger charge is 2.27. The van der Waals surface area contributed by atoms with E-state index in [1.54, 1.807) is 4.90 Å². The second kappa shape index (κ2) is 7.71. The van der Waals surface area contributed by atoms with Gasteiger partial charge in [0.2, 0.25) is 11.8 Å². The van der Waals surface area contributed by atoms with Gasteiger partial charge in [-0.2, -0.15) is 5.10 Å². The Morgan fingerprint density at radius 3 is 3.04 bits per heavy atom. The number of anilines is 1. The van der Waals surface area contributed by atoms with Crippen molar-refractivity contribution in [1.29, 1.82) is 0 Å². The number of amides is 2. The second-order valence-electron chi connectivity index (χ2n) is 7.25. The number of aromatic amines is 1. The van der Waals surface area contributed by atoms with Gasteiger partial charge >= 0.3 is 0 Å². The summed E-state index contributed by atoms with van der Waals surface area (Å²) < 4.78 is 0. The predicted molar refractivity (Wildman–Crippen MR) is 109 cm³/mol. The van der Waals surface area contributed by atoms with Crippen molar-refractivity contribution in [2.24, 2.45) is 0 Å². The van der Waals surface area contributed by atoms with Crippen molar-refractivity contribution in [1.82, 2.24) is 20.1 Å². The molecule has 0 radical (unpaired) electrons. The zero-order valence-electron chi connectivity index (χ0n) is 15.8. The molecule has 2 amide bonds. The predicted octanol–water partition coefficient (Wildman–Crippen LogP) is 3.29. The first-order chi connectivity index (χ1) is 13.5. The van der Waals surface area contributed by atoms with Crippen LogP contribution in [0.4, 0.5) is 5.82 Å². The molecule has 2 aromatic heterocycles. The highest BCUT2D eigenvalue weighted by molar-refractivity contribution is 7.10. The van der Waals surface area contributed by atoms with Gasteiger partial charge in [-0.1, -0.05) is 12.7 Å². The second-order valence-corrected chi connectivity index (χ2v) is 8.11. The van der Waals surface area contributed by atoms with E-state index in [0.29, 0.717) is 24.8 Å². The van der Waals surface area contributed by atoms with Crippen molar-refractivity contribution in [2.75, 3.05) is 18.4 Å². The quantitative estimate of drug-likeness (QED) is 0.732. The molecule has 4 rings (SSSR count). The normalized spacial score (nSPS) is 17.8. The first kappa shape index (κ1) is 18.6. The summed E-state index contributed by atoms with van der Waals surface area (Å²) in [5.41, 5.74) is 2.83. The lowest BCUT2D eigenvalue weighted by atomic mass is 10.1. The number of carbonyl (C=O) groups is 2. The van der Waals surface area contributed by atoms with Gasteiger partial charge in [-0.25, -0.2) is 4.98 Å². The van der Waals surface area contributed by atoms with Crippen LogP contribution < -0.4 is 5.32 Å². The van der Waals surface area contributed by atoms with Crippen LogP contribution in [-0.2, 0) is 9.59 Å². The van der Waals surface area contributed by atoms with Crippen LogP contribution in [0.3, 0.4) is 0 Å². The summed E-state index contributed by atoms with van der Waals surface area (Å²) in [6.07, 6.45) is 6.61. The Balaban J connectivity index is 1.41. The Hall–Kier alpha value is -2.74. The van der Waals surface area contributed by atoms with Crippen molar-refractivity contribution >= 4 is 34.5 Å². The average molecular weight is 398 g/mol. The Kier molecular flexibility index (Phi) is 5.13. The Labute approximate surface area is 167 Å². The van der Waals surface area contributed by atoms with Crippen molar-refractivity contribution in [3.05, 3.63) is 46.6 Å². The molecule has 1 unspecified atom stereocenters. The number of carbonyl (C=O) groups excluding carboxylic acids is 2. The molecule has 28 heavy (non-hydrogen) atoms. The van der Waals surface area contributed by atoms with E-state index in [0.717, 1.165) is 28.4 Å². The summed E-state index contributed by atoms with van der Waals surface area (Å²) in [5, 5.41) is 12.8. The molecule has 1 fully saturated rings. The molecule has 0 spiro atoms. The van der Waals surface area contributed by atoms with Gasteiger partial charge in [0.25, 0.3) is 0 Å². The number of hydrogen-bond acceptors (Lipinski definition) is 5. The summed E-state index contributed by atoms with van der Waals surface area (Å²) in [7, 11) is 0. The third kappa shape index (κ3) is 3.91. The SMILES string of the molecule is C=CC(=O)N1CCC=C(c2nc(C(C)C(=O)Nc3cc(C4CC4)[nH]n3)cs2)C1. The van der Waals surface area contributed by atoms with Gasteiger partial charge in [-0.3, -0.25) is 14.7 Å². The van der Waals surface area contributed by atoms with Crippen molar-refractivity contribution < 1.29 is 9.59 Å². The maximum Gasteiger partial charge on any atom is 0.246 e. The van der Waals surface area contributed by atoms with Crippen LogP contribution in [0.2, 0.25) is 0 Å². The van der Waals surface area contributed by atoms with Gasteiger partial charge in [-0.05, 0) is 32.3 Å². The molecule has 0 saturated heterocycles. The molecule has 1 aliphatic carbocycles. The molecule has 146 valence electrons. The maximum absolute atomic E-state index is 12.6. The lowest BCUT2D eigenvalue weighted by molar-refractivity contribution is -0.125. The van der Waals surface area contributed by atoms with Crippen LogP contribution in [0.1, 0.15) is 54.4 Å². The highest BCUT2D eigenvalue weighted by atomic mass is 32.1. The van der Waals surface area contributed by atoms with Gasteiger partial charge in [0, 0.05) is 41.7 Å². The molecule has 2 aromatic rings. The van der Waals surface area contributed by atoms with Crippen LogP contribution >= 0.6 is 11.3 Å². The lowest BCUT2D eigenvalue weighted by Gasteiger charge is -2.25. The molecule has 0 aromatic carbocycles. The Morgan fingerprint density at radius 1 is 1.46 bits per heavy atom. The van der Waals surface area contributed by atoms with Gasteiger partial charge in [0.05, 0.1) is 11.6 Å². The standard InChI is InChI=1S/C20H23N5O2S/c1-3-18(26)25-8-4-5-14(10-25)20-21-16(11-28-20)12(2)19(27)22-17-9-15(23-24-17)13-6-7-13/h3,5,9,11-13H,1,4,6-8,10H2,2H3,(H2,22,23,24,27). The number of nitrogens with zero attached hydrogens (tertiary/aromatic N) is 3. The fourth-order valence-corrected chi connectivity index (χ4v) is 4.17. The highest BCUT2D eigenvalue weighted by Crippen LogP contribution is 2.39. The monoisotopic (exact) mass is 397 g/mol. The lowest BCUT2D eigenvalue weighted by Crippen LogP contribution is -2.34. The minimum Gasteiger partial charge on any atom is -0.334 e. The molecule has 8 heteroatoms. The van der Waals surface area contributed by atoms with Crippen LogP contribution in [0.5, 0.6) is 0 Å². The average Bonchev–Trinajstić information content (AvgIpc) is 3.26. The van der Waals surface area contributed by atoms with Gasteiger partial charge < -0.3 is 10.2 Å². The summed E-state index contributed by atoms with van der Waals surface area (Å²) in [5.74, 6) is 0.531. The molecule has 2 N–H and O–H groups in total. The van der Waals surface area contributed by atoms with Gasteiger partial charge in [0.1, 0.15) is 5.01 Å². The molecule has 1 atom stereocenters. The number of rotatable bonds is 6. The summed E-state index contributed by atoms with van der Waals surface area (Å²) in [6, 6.07) is 1.91. The van der Waals surface area contributed by atoms with Gasteiger partial charge in [-0.15, -0.1) is 11.3 Å². The maximum atomic E-state index is 12.6. The number of hydrogen-bond donors (Lipinski definition) is 2. The molecular formula is C20H23N5O2S. The third-order valence-electron chi connectivity index (χ3n) is 5.14. The number of nitrogens with one attached hydrogen (secondary N) is 2. The minimum atomic E-state index is -0.388. The van der Waals surface area contributed by atoms with Crippen molar-refractivity contribution in [3.8, 4) is 0 Å². The smallest absolute Gasteiger partial charge is 0.246 e. The Morgan fingerprint density at radius 2 is 2.29 bits per heavy atom. The Bertz CT molecular complexity index is 940. The molecule has 1 aliphatic heterocycles. The van der Waals surface area contributed by atoms with Crippen molar-refractivity contribution in [2.45, 2.75) is 38.0 Å². The molecular weight excluding hydrogens is 374 g/mol. The van der Waals surface area contributed by atoms with Crippen LogP contribution in [0.25, 0.3) is 5.57 Å². The van der Waals surface area contributed by atoms with Crippen molar-refractivity contribution in [3.63, 3.8) is 0 Å². The van der Waals surface area contributed by atoms with E-state index in [9.17, 15) is 9.59 Å².